The standard InChI is InChI=1S/C26H29N5O3S/c1-17-9-8-10-18(2)21(17)27-20(32)14-16-35-25-28-22-23(29(3)26(34)30(4)24(22)33)31(25)15-13-19-11-6-5-7-12-19/h5-12H,13-16H2,1-4H3,(H,27,32). The molecule has 0 atom stereocenters. The van der Waals surface area contributed by atoms with Crippen molar-refractivity contribution in [2.45, 2.75) is 38.4 Å². The van der Waals surface area contributed by atoms with Gasteiger partial charge >= 0.3 is 5.69 Å². The second-order valence-electron chi connectivity index (χ2n) is 8.57. The number of thioether (sulfide) groups is 1. The predicted octanol–water partition coefficient (Wildman–Crippen LogP) is 3.41. The number of carbonyl (C=O) groups excluding carboxylic acids is 1. The van der Waals surface area contributed by atoms with Crippen LogP contribution in [0.4, 0.5) is 5.69 Å². The Balaban J connectivity index is 1.58. The summed E-state index contributed by atoms with van der Waals surface area (Å²) in [5, 5.41) is 3.63. The van der Waals surface area contributed by atoms with Gasteiger partial charge in [-0.3, -0.25) is 18.7 Å². The molecule has 0 bridgehead atoms. The number of nitrogens with zero attached hydrogens (tertiary/aromatic N) is 4. The van der Waals surface area contributed by atoms with Crippen LogP contribution in [0.5, 0.6) is 0 Å². The SMILES string of the molecule is Cc1cccc(C)c1NC(=O)CCSc1nc2c(=O)n(C)c(=O)n(C)c2n1CCc1ccccc1. The second-order valence-corrected chi connectivity index (χ2v) is 9.64. The van der Waals surface area contributed by atoms with Crippen molar-refractivity contribution in [1.82, 2.24) is 18.7 Å². The van der Waals surface area contributed by atoms with Crippen LogP contribution in [0.3, 0.4) is 0 Å². The van der Waals surface area contributed by atoms with Crippen LogP contribution in [0.2, 0.25) is 0 Å². The van der Waals surface area contributed by atoms with E-state index in [4.69, 9.17) is 0 Å². The van der Waals surface area contributed by atoms with E-state index in [0.717, 1.165) is 33.4 Å². The highest BCUT2D eigenvalue weighted by atomic mass is 32.2. The molecular formula is C26H29N5O3S. The van der Waals surface area contributed by atoms with Crippen molar-refractivity contribution >= 4 is 34.5 Å². The molecule has 0 saturated heterocycles. The van der Waals surface area contributed by atoms with Crippen molar-refractivity contribution in [2.24, 2.45) is 14.1 Å². The van der Waals surface area contributed by atoms with Gasteiger partial charge in [0.2, 0.25) is 5.91 Å². The molecular weight excluding hydrogens is 462 g/mol. The van der Waals surface area contributed by atoms with Crippen molar-refractivity contribution in [1.29, 1.82) is 0 Å². The van der Waals surface area contributed by atoms with Gasteiger partial charge in [-0.2, -0.15) is 0 Å². The molecule has 35 heavy (non-hydrogen) atoms. The summed E-state index contributed by atoms with van der Waals surface area (Å²) in [7, 11) is 3.11. The second kappa shape index (κ2) is 10.4. The Morgan fingerprint density at radius 1 is 0.971 bits per heavy atom. The van der Waals surface area contributed by atoms with Gasteiger partial charge in [-0.15, -0.1) is 0 Å². The van der Waals surface area contributed by atoms with Crippen molar-refractivity contribution in [3.63, 3.8) is 0 Å². The molecule has 8 nitrogen and oxygen atoms in total. The lowest BCUT2D eigenvalue weighted by atomic mass is 10.1. The third-order valence-corrected chi connectivity index (χ3v) is 7.06. The van der Waals surface area contributed by atoms with Crippen molar-refractivity contribution in [3.8, 4) is 0 Å². The highest BCUT2D eigenvalue weighted by Gasteiger charge is 2.19. The molecule has 1 N–H and O–H groups in total. The first-order valence-electron chi connectivity index (χ1n) is 11.5. The summed E-state index contributed by atoms with van der Waals surface area (Å²) >= 11 is 1.41. The highest BCUT2D eigenvalue weighted by Crippen LogP contribution is 2.24. The summed E-state index contributed by atoms with van der Waals surface area (Å²) in [4.78, 5) is 42.6. The number of para-hydroxylation sites is 1. The van der Waals surface area contributed by atoms with Gasteiger partial charge in [0.1, 0.15) is 0 Å². The normalized spacial score (nSPS) is 11.2. The van der Waals surface area contributed by atoms with Gasteiger partial charge in [-0.05, 0) is 37.0 Å². The van der Waals surface area contributed by atoms with Gasteiger partial charge in [0, 0.05) is 38.5 Å². The molecule has 0 aliphatic heterocycles. The number of amides is 1. The van der Waals surface area contributed by atoms with Gasteiger partial charge in [0.25, 0.3) is 5.56 Å². The van der Waals surface area contributed by atoms with Crippen LogP contribution in [-0.2, 0) is 31.9 Å². The first kappa shape index (κ1) is 24.5. The maximum Gasteiger partial charge on any atom is 0.332 e. The Kier molecular flexibility index (Phi) is 7.25. The van der Waals surface area contributed by atoms with E-state index in [-0.39, 0.29) is 17.8 Å². The van der Waals surface area contributed by atoms with Crippen LogP contribution in [-0.4, -0.2) is 30.3 Å². The van der Waals surface area contributed by atoms with E-state index in [1.54, 1.807) is 7.05 Å². The monoisotopic (exact) mass is 491 g/mol. The molecule has 2 aromatic heterocycles. The number of aromatic nitrogens is 4. The van der Waals surface area contributed by atoms with Crippen LogP contribution in [0.1, 0.15) is 23.1 Å². The van der Waals surface area contributed by atoms with Gasteiger partial charge in [-0.25, -0.2) is 9.78 Å². The molecule has 2 aromatic carbocycles. The molecule has 2 heterocycles. The van der Waals surface area contributed by atoms with Crippen molar-refractivity contribution in [2.75, 3.05) is 11.1 Å². The molecule has 0 aliphatic carbocycles. The van der Waals surface area contributed by atoms with Crippen LogP contribution in [0.15, 0.2) is 63.3 Å². The van der Waals surface area contributed by atoms with Crippen LogP contribution in [0, 0.1) is 13.8 Å². The smallest absolute Gasteiger partial charge is 0.326 e. The molecule has 4 aromatic rings. The summed E-state index contributed by atoms with van der Waals surface area (Å²) in [5.74, 6) is 0.407. The zero-order chi connectivity index (χ0) is 25.1. The van der Waals surface area contributed by atoms with E-state index in [0.29, 0.717) is 23.1 Å². The fourth-order valence-corrected chi connectivity index (χ4v) is 5.07. The van der Waals surface area contributed by atoms with E-state index in [9.17, 15) is 14.4 Å². The van der Waals surface area contributed by atoms with Crippen LogP contribution < -0.4 is 16.6 Å². The lowest BCUT2D eigenvalue weighted by molar-refractivity contribution is -0.115. The number of aryl methyl sites for hydroxylation is 5. The van der Waals surface area contributed by atoms with Gasteiger partial charge in [0.05, 0.1) is 0 Å². The molecule has 9 heteroatoms. The Hall–Kier alpha value is -3.59. The first-order valence-corrected chi connectivity index (χ1v) is 12.5. The molecule has 0 saturated carbocycles. The molecule has 4 rings (SSSR count). The number of benzene rings is 2. The Labute approximate surface area is 207 Å². The average molecular weight is 492 g/mol. The molecule has 0 spiro atoms. The van der Waals surface area contributed by atoms with Gasteiger partial charge < -0.3 is 9.88 Å². The predicted molar refractivity (Wildman–Crippen MR) is 140 cm³/mol. The summed E-state index contributed by atoms with van der Waals surface area (Å²) in [6, 6.07) is 15.9. The number of hydrogen-bond donors (Lipinski definition) is 1. The van der Waals surface area contributed by atoms with E-state index < -0.39 is 11.2 Å². The number of carbonyl (C=O) groups is 1. The Morgan fingerprint density at radius 3 is 2.34 bits per heavy atom. The average Bonchev–Trinajstić information content (AvgIpc) is 3.21. The molecule has 182 valence electrons. The lowest BCUT2D eigenvalue weighted by Gasteiger charge is -2.12. The van der Waals surface area contributed by atoms with Crippen molar-refractivity contribution in [3.05, 3.63) is 86.1 Å². The zero-order valence-electron chi connectivity index (χ0n) is 20.4. The molecule has 1 amide bonds. The Bertz CT molecular complexity index is 1480. The fourth-order valence-electron chi connectivity index (χ4n) is 4.12. The van der Waals surface area contributed by atoms with E-state index in [1.807, 2.05) is 66.9 Å². The van der Waals surface area contributed by atoms with Crippen LogP contribution in [0.25, 0.3) is 11.2 Å². The first-order chi connectivity index (χ1) is 16.8. The zero-order valence-corrected chi connectivity index (χ0v) is 21.2. The lowest BCUT2D eigenvalue weighted by Crippen LogP contribution is -2.37. The summed E-state index contributed by atoms with van der Waals surface area (Å²) in [6.45, 7) is 4.49. The largest absolute Gasteiger partial charge is 0.332 e. The summed E-state index contributed by atoms with van der Waals surface area (Å²) < 4.78 is 4.45. The number of anilines is 1. The number of fused-ring (bicyclic) bond motifs is 1. The minimum absolute atomic E-state index is 0.0786. The number of imidazole rings is 1. The number of hydrogen-bond acceptors (Lipinski definition) is 5. The quantitative estimate of drug-likeness (QED) is 0.382. The van der Waals surface area contributed by atoms with Gasteiger partial charge in [0.15, 0.2) is 16.3 Å². The molecule has 0 unspecified atom stereocenters. The third kappa shape index (κ3) is 5.09. The van der Waals surface area contributed by atoms with Crippen LogP contribution >= 0.6 is 11.8 Å². The third-order valence-electron chi connectivity index (χ3n) is 6.08. The summed E-state index contributed by atoms with van der Waals surface area (Å²) in [6.07, 6.45) is 1.01. The molecule has 0 fully saturated rings. The van der Waals surface area contributed by atoms with E-state index in [1.165, 1.54) is 23.4 Å². The molecule has 0 aliphatic rings. The fraction of sp³-hybridized carbons (Fsp3) is 0.308. The minimum atomic E-state index is -0.420. The topological polar surface area (TPSA) is 90.9 Å². The van der Waals surface area contributed by atoms with Crippen molar-refractivity contribution < 1.29 is 4.79 Å². The molecule has 0 radical (unpaired) electrons. The highest BCUT2D eigenvalue weighted by molar-refractivity contribution is 7.99. The Morgan fingerprint density at radius 2 is 1.66 bits per heavy atom. The van der Waals surface area contributed by atoms with E-state index in [2.05, 4.69) is 10.3 Å². The minimum Gasteiger partial charge on any atom is -0.326 e. The number of rotatable bonds is 8. The van der Waals surface area contributed by atoms with Gasteiger partial charge in [-0.1, -0.05) is 60.3 Å². The maximum absolute atomic E-state index is 12.8. The number of nitrogens with one attached hydrogen (secondary N) is 1. The summed E-state index contributed by atoms with van der Waals surface area (Å²) in [5.41, 5.74) is 3.96. The van der Waals surface area contributed by atoms with E-state index >= 15 is 0 Å². The maximum atomic E-state index is 12.8.